The zero-order chi connectivity index (χ0) is 37.7. The normalized spacial score (nSPS) is 21.6. The molecule has 0 aromatic carbocycles. The third kappa shape index (κ3) is 25.1. The summed E-state index contributed by atoms with van der Waals surface area (Å²) in [7, 11) is -4.59. The van der Waals surface area contributed by atoms with E-state index in [0.717, 1.165) is 57.8 Å². The second-order valence-electron chi connectivity index (χ2n) is 14.0. The Morgan fingerprint density at radius 1 is 0.647 bits per heavy atom. The molecule has 0 bridgehead atoms. The number of esters is 2. The van der Waals surface area contributed by atoms with Crippen molar-refractivity contribution < 1.29 is 56.8 Å². The zero-order valence-electron chi connectivity index (χ0n) is 31.5. The van der Waals surface area contributed by atoms with Crippen molar-refractivity contribution >= 4 is 22.1 Å². The summed E-state index contributed by atoms with van der Waals surface area (Å²) < 4.78 is 53.8. The minimum Gasteiger partial charge on any atom is -0.462 e. The highest BCUT2D eigenvalue weighted by molar-refractivity contribution is 7.85. The van der Waals surface area contributed by atoms with Gasteiger partial charge < -0.3 is 34.3 Å². The maximum Gasteiger partial charge on any atom is 0.306 e. The van der Waals surface area contributed by atoms with Gasteiger partial charge in [0.15, 0.2) is 12.4 Å². The van der Waals surface area contributed by atoms with Crippen LogP contribution in [-0.4, -0.2) is 96.0 Å². The van der Waals surface area contributed by atoms with Crippen LogP contribution in [0.5, 0.6) is 0 Å². The van der Waals surface area contributed by atoms with Gasteiger partial charge in [-0.15, -0.1) is 0 Å². The quantitative estimate of drug-likeness (QED) is 0.0247. The minimum atomic E-state index is -4.59. The molecule has 13 heteroatoms. The molecule has 0 spiro atoms. The SMILES string of the molecule is CCCCCC/C=C\CCCCCCCC(=O)OC(COC(=O)CCCCCCCCCCCC)COC1OC(CS(=O)(=O)O)C(O)C(O)C1O. The number of unbranched alkanes of at least 4 members (excludes halogenated alkanes) is 18. The Labute approximate surface area is 307 Å². The topological polar surface area (TPSA) is 186 Å². The molecule has 0 aromatic rings. The van der Waals surface area contributed by atoms with Crippen LogP contribution in [0.2, 0.25) is 0 Å². The Balaban J connectivity index is 2.53. The lowest BCUT2D eigenvalue weighted by Gasteiger charge is -2.40. The molecule has 1 saturated heterocycles. The third-order valence-corrected chi connectivity index (χ3v) is 9.85. The van der Waals surface area contributed by atoms with E-state index < -0.39 is 71.2 Å². The molecule has 6 unspecified atom stereocenters. The predicted molar refractivity (Wildman–Crippen MR) is 197 cm³/mol. The highest BCUT2D eigenvalue weighted by Gasteiger charge is 2.46. The number of carbonyl (C=O) groups is 2. The van der Waals surface area contributed by atoms with E-state index in [1.165, 1.54) is 64.2 Å². The molecular weight excluding hydrogens is 680 g/mol. The average Bonchev–Trinajstić information content (AvgIpc) is 3.09. The van der Waals surface area contributed by atoms with Crippen LogP contribution in [0.4, 0.5) is 0 Å². The van der Waals surface area contributed by atoms with Crippen molar-refractivity contribution in [2.45, 2.75) is 198 Å². The Morgan fingerprint density at radius 2 is 1.12 bits per heavy atom. The highest BCUT2D eigenvalue weighted by Crippen LogP contribution is 2.24. The molecule has 1 rings (SSSR count). The van der Waals surface area contributed by atoms with Crippen molar-refractivity contribution in [1.82, 2.24) is 0 Å². The second kappa shape index (κ2) is 29.8. The fourth-order valence-electron chi connectivity index (χ4n) is 5.96. The maximum atomic E-state index is 12.7. The van der Waals surface area contributed by atoms with Gasteiger partial charge >= 0.3 is 11.9 Å². The van der Waals surface area contributed by atoms with Crippen LogP contribution in [0.15, 0.2) is 12.2 Å². The number of hydrogen-bond donors (Lipinski definition) is 4. The summed E-state index contributed by atoms with van der Waals surface area (Å²) in [4.78, 5) is 25.2. The summed E-state index contributed by atoms with van der Waals surface area (Å²) >= 11 is 0. The molecule has 0 radical (unpaired) electrons. The molecule has 0 aromatic heterocycles. The first-order chi connectivity index (χ1) is 24.5. The molecule has 1 heterocycles. The van der Waals surface area contributed by atoms with Crippen molar-refractivity contribution in [2.24, 2.45) is 0 Å². The number of aliphatic hydroxyl groups is 3. The molecule has 51 heavy (non-hydrogen) atoms. The molecule has 1 fully saturated rings. The van der Waals surface area contributed by atoms with E-state index in [-0.39, 0.29) is 19.4 Å². The van der Waals surface area contributed by atoms with Gasteiger partial charge in [-0.1, -0.05) is 122 Å². The molecule has 4 N–H and O–H groups in total. The lowest BCUT2D eigenvalue weighted by molar-refractivity contribution is -0.297. The van der Waals surface area contributed by atoms with Crippen LogP contribution in [0, 0.1) is 0 Å². The van der Waals surface area contributed by atoms with Gasteiger partial charge in [-0.2, -0.15) is 8.42 Å². The summed E-state index contributed by atoms with van der Waals surface area (Å²) in [5.41, 5.74) is 0. The van der Waals surface area contributed by atoms with Crippen LogP contribution >= 0.6 is 0 Å². The van der Waals surface area contributed by atoms with E-state index in [2.05, 4.69) is 26.0 Å². The number of carbonyl (C=O) groups excluding carboxylic acids is 2. The Morgan fingerprint density at radius 3 is 1.65 bits per heavy atom. The van der Waals surface area contributed by atoms with Crippen LogP contribution in [0.25, 0.3) is 0 Å². The first kappa shape index (κ1) is 47.4. The first-order valence-corrected chi connectivity index (χ1v) is 21.4. The fourth-order valence-corrected chi connectivity index (χ4v) is 6.65. The number of allylic oxidation sites excluding steroid dienone is 2. The molecule has 6 atom stereocenters. The van der Waals surface area contributed by atoms with E-state index >= 15 is 0 Å². The molecule has 12 nitrogen and oxygen atoms in total. The first-order valence-electron chi connectivity index (χ1n) is 19.7. The Kier molecular flexibility index (Phi) is 27.7. The number of hydrogen-bond acceptors (Lipinski definition) is 11. The zero-order valence-corrected chi connectivity index (χ0v) is 32.3. The van der Waals surface area contributed by atoms with Crippen molar-refractivity contribution in [1.29, 1.82) is 0 Å². The summed E-state index contributed by atoms with van der Waals surface area (Å²) in [6, 6.07) is 0. The largest absolute Gasteiger partial charge is 0.462 e. The van der Waals surface area contributed by atoms with E-state index in [1.54, 1.807) is 0 Å². The summed E-state index contributed by atoms with van der Waals surface area (Å²) in [5, 5.41) is 30.7. The van der Waals surface area contributed by atoms with Gasteiger partial charge in [-0.3, -0.25) is 14.1 Å². The van der Waals surface area contributed by atoms with Gasteiger partial charge in [-0.25, -0.2) is 0 Å². The van der Waals surface area contributed by atoms with Gasteiger partial charge in [0.05, 0.1) is 6.61 Å². The second-order valence-corrected chi connectivity index (χ2v) is 15.4. The van der Waals surface area contributed by atoms with Crippen LogP contribution < -0.4 is 0 Å². The smallest absolute Gasteiger partial charge is 0.306 e. The van der Waals surface area contributed by atoms with Gasteiger partial charge in [0.25, 0.3) is 10.1 Å². The number of ether oxygens (including phenoxy) is 4. The van der Waals surface area contributed by atoms with Crippen LogP contribution in [0.3, 0.4) is 0 Å². The van der Waals surface area contributed by atoms with Crippen molar-refractivity contribution in [3.63, 3.8) is 0 Å². The van der Waals surface area contributed by atoms with Crippen molar-refractivity contribution in [2.75, 3.05) is 19.0 Å². The minimum absolute atomic E-state index is 0.157. The number of aliphatic hydroxyl groups excluding tert-OH is 3. The summed E-state index contributed by atoms with van der Waals surface area (Å²) in [6.45, 7) is 3.70. The van der Waals surface area contributed by atoms with Crippen molar-refractivity contribution in [3.8, 4) is 0 Å². The summed E-state index contributed by atoms with van der Waals surface area (Å²) in [5.74, 6) is -1.99. The molecule has 0 saturated carbocycles. The lowest BCUT2D eigenvalue weighted by Crippen LogP contribution is -2.60. The monoisotopic (exact) mass is 750 g/mol. The lowest BCUT2D eigenvalue weighted by atomic mass is 10.00. The molecular formula is C38H70O12S. The standard InChI is InChI=1S/C38H70O12S/c1-3-5-7-9-11-13-15-16-17-19-21-23-25-27-34(40)49-31(28-47-33(39)26-24-22-20-18-14-12-10-8-6-4-2)29-48-38-37(43)36(42)35(41)32(50-38)30-51(44,45)46/h13,15,31-32,35-38,41-43H,3-12,14,16-30H2,1-2H3,(H,44,45,46)/b15-13-. The van der Waals surface area contributed by atoms with Crippen LogP contribution in [0.1, 0.15) is 162 Å². The van der Waals surface area contributed by atoms with E-state index in [1.807, 2.05) is 0 Å². The van der Waals surface area contributed by atoms with E-state index in [9.17, 15) is 37.9 Å². The fraction of sp³-hybridized carbons (Fsp3) is 0.895. The average molecular weight is 751 g/mol. The molecule has 1 aliphatic heterocycles. The highest BCUT2D eigenvalue weighted by atomic mass is 32.2. The van der Waals surface area contributed by atoms with Gasteiger partial charge in [0.2, 0.25) is 0 Å². The Hall–Kier alpha value is -1.61. The van der Waals surface area contributed by atoms with Crippen molar-refractivity contribution in [3.05, 3.63) is 12.2 Å². The molecule has 0 amide bonds. The maximum absolute atomic E-state index is 12.7. The van der Waals surface area contributed by atoms with Gasteiger partial charge in [0, 0.05) is 12.8 Å². The Bertz CT molecular complexity index is 1020. The predicted octanol–water partition coefficient (Wildman–Crippen LogP) is 6.72. The van der Waals surface area contributed by atoms with Gasteiger partial charge in [0.1, 0.15) is 36.8 Å². The summed E-state index contributed by atoms with van der Waals surface area (Å²) in [6.07, 6.45) is 18.5. The van der Waals surface area contributed by atoms with Gasteiger partial charge in [-0.05, 0) is 38.5 Å². The molecule has 300 valence electrons. The van der Waals surface area contributed by atoms with E-state index in [0.29, 0.717) is 12.8 Å². The molecule has 0 aliphatic carbocycles. The van der Waals surface area contributed by atoms with Crippen LogP contribution in [-0.2, 0) is 38.7 Å². The van der Waals surface area contributed by atoms with E-state index in [4.69, 9.17) is 18.9 Å². The third-order valence-electron chi connectivity index (χ3n) is 9.10. The number of rotatable bonds is 32. The molecule has 1 aliphatic rings.